The molecule has 2 N–H and O–H groups in total. The Kier molecular flexibility index (Phi) is 5.76. The highest BCUT2D eigenvalue weighted by atomic mass is 16.1. The molecule has 1 amide bonds. The third-order valence-electron chi connectivity index (χ3n) is 5.51. The molecule has 1 saturated heterocycles. The van der Waals surface area contributed by atoms with E-state index in [1.165, 1.54) is 10.9 Å². The number of amides is 1. The summed E-state index contributed by atoms with van der Waals surface area (Å²) in [5, 5.41) is 4.35. The molecule has 1 aliphatic rings. The van der Waals surface area contributed by atoms with Crippen LogP contribution in [0.4, 0.5) is 5.95 Å². The second kappa shape index (κ2) is 8.61. The van der Waals surface area contributed by atoms with Crippen molar-refractivity contribution < 1.29 is 4.79 Å². The molecule has 2 aromatic heterocycles. The second-order valence-corrected chi connectivity index (χ2v) is 7.91. The normalized spacial score (nSPS) is 17.0. The van der Waals surface area contributed by atoms with Crippen LogP contribution in [0.25, 0.3) is 10.9 Å². The van der Waals surface area contributed by atoms with E-state index in [0.717, 1.165) is 43.6 Å². The first kappa shape index (κ1) is 19.4. The van der Waals surface area contributed by atoms with Gasteiger partial charge in [0.1, 0.15) is 0 Å². The molecule has 7 heteroatoms. The molecule has 0 bridgehead atoms. The number of aromatic nitrogens is 3. The van der Waals surface area contributed by atoms with E-state index < -0.39 is 0 Å². The molecule has 0 aliphatic carbocycles. The lowest BCUT2D eigenvalue weighted by Crippen LogP contribution is -2.34. The smallest absolute Gasteiger partial charge is 0.224 e. The van der Waals surface area contributed by atoms with E-state index in [4.69, 9.17) is 0 Å². The van der Waals surface area contributed by atoms with E-state index in [1.807, 2.05) is 49.7 Å². The summed E-state index contributed by atoms with van der Waals surface area (Å²) < 4.78 is 0. The van der Waals surface area contributed by atoms with Crippen molar-refractivity contribution in [3.8, 4) is 0 Å². The Balaban J connectivity index is 1.24. The summed E-state index contributed by atoms with van der Waals surface area (Å²) in [4.78, 5) is 28.8. The number of rotatable bonds is 7. The van der Waals surface area contributed by atoms with Crippen LogP contribution >= 0.6 is 0 Å². The molecule has 0 spiro atoms. The van der Waals surface area contributed by atoms with Crippen LogP contribution in [-0.2, 0) is 17.8 Å². The zero-order chi connectivity index (χ0) is 20.2. The van der Waals surface area contributed by atoms with Crippen molar-refractivity contribution in [3.63, 3.8) is 0 Å². The van der Waals surface area contributed by atoms with Crippen LogP contribution in [0.5, 0.6) is 0 Å². The van der Waals surface area contributed by atoms with E-state index in [9.17, 15) is 4.79 Å². The van der Waals surface area contributed by atoms with Crippen molar-refractivity contribution in [1.29, 1.82) is 0 Å². The highest BCUT2D eigenvalue weighted by Gasteiger charge is 2.28. The topological polar surface area (TPSA) is 77.2 Å². The van der Waals surface area contributed by atoms with Crippen molar-refractivity contribution in [2.75, 3.05) is 38.6 Å². The van der Waals surface area contributed by atoms with Gasteiger partial charge in [0.2, 0.25) is 11.9 Å². The molecular formula is C22H28N6O. The number of para-hydroxylation sites is 1. The van der Waals surface area contributed by atoms with Gasteiger partial charge >= 0.3 is 0 Å². The van der Waals surface area contributed by atoms with E-state index in [2.05, 4.69) is 37.3 Å². The highest BCUT2D eigenvalue weighted by Crippen LogP contribution is 2.20. The number of likely N-dealkylation sites (tertiary alicyclic amines) is 1. The van der Waals surface area contributed by atoms with Crippen LogP contribution in [0.1, 0.15) is 17.5 Å². The van der Waals surface area contributed by atoms with E-state index in [1.54, 1.807) is 0 Å². The quantitative estimate of drug-likeness (QED) is 0.645. The Bertz CT molecular complexity index is 965. The number of aromatic amines is 1. The first-order valence-corrected chi connectivity index (χ1v) is 10.1. The Morgan fingerprint density at radius 3 is 2.86 bits per heavy atom. The van der Waals surface area contributed by atoms with Gasteiger partial charge in [0, 0.05) is 68.8 Å². The Morgan fingerprint density at radius 2 is 2.07 bits per heavy atom. The molecule has 7 nitrogen and oxygen atoms in total. The van der Waals surface area contributed by atoms with Gasteiger partial charge in [-0.25, -0.2) is 9.97 Å². The minimum absolute atomic E-state index is 0.0555. The fourth-order valence-corrected chi connectivity index (χ4v) is 3.91. The van der Waals surface area contributed by atoms with Crippen molar-refractivity contribution in [1.82, 2.24) is 25.2 Å². The molecule has 1 aliphatic heterocycles. The SMILES string of the molecule is CN(C)c1ncc(CN2CCC(C(=O)NCCc3c[nH]c4ccccc34)C2)cn1. The largest absolute Gasteiger partial charge is 0.361 e. The van der Waals surface area contributed by atoms with Gasteiger partial charge in [-0.1, -0.05) is 18.2 Å². The summed E-state index contributed by atoms with van der Waals surface area (Å²) in [5.74, 6) is 0.925. The molecule has 4 rings (SSSR count). The van der Waals surface area contributed by atoms with E-state index in [0.29, 0.717) is 12.5 Å². The molecule has 29 heavy (non-hydrogen) atoms. The number of hydrogen-bond donors (Lipinski definition) is 2. The monoisotopic (exact) mass is 392 g/mol. The molecule has 152 valence electrons. The number of nitrogens with one attached hydrogen (secondary N) is 2. The van der Waals surface area contributed by atoms with Crippen LogP contribution in [0.3, 0.4) is 0 Å². The van der Waals surface area contributed by atoms with E-state index in [-0.39, 0.29) is 11.8 Å². The number of fused-ring (bicyclic) bond motifs is 1. The van der Waals surface area contributed by atoms with Gasteiger partial charge in [0.25, 0.3) is 0 Å². The highest BCUT2D eigenvalue weighted by molar-refractivity contribution is 5.83. The first-order chi connectivity index (χ1) is 14.1. The molecule has 1 fully saturated rings. The Morgan fingerprint density at radius 1 is 1.28 bits per heavy atom. The van der Waals surface area contributed by atoms with Gasteiger partial charge in [0.15, 0.2) is 0 Å². The number of carbonyl (C=O) groups is 1. The second-order valence-electron chi connectivity index (χ2n) is 7.91. The molecule has 1 atom stereocenters. The Labute approximate surface area is 171 Å². The van der Waals surface area contributed by atoms with E-state index >= 15 is 0 Å². The lowest BCUT2D eigenvalue weighted by molar-refractivity contribution is -0.124. The zero-order valence-corrected chi connectivity index (χ0v) is 17.1. The molecular weight excluding hydrogens is 364 g/mol. The summed E-state index contributed by atoms with van der Waals surface area (Å²) in [6.07, 6.45) is 7.52. The molecule has 3 aromatic rings. The summed E-state index contributed by atoms with van der Waals surface area (Å²) >= 11 is 0. The van der Waals surface area contributed by atoms with Crippen molar-refractivity contribution >= 4 is 22.8 Å². The third kappa shape index (κ3) is 4.56. The zero-order valence-electron chi connectivity index (χ0n) is 17.1. The van der Waals surface area contributed by atoms with Crippen LogP contribution in [-0.4, -0.2) is 59.5 Å². The minimum Gasteiger partial charge on any atom is -0.361 e. The van der Waals surface area contributed by atoms with Crippen LogP contribution < -0.4 is 10.2 Å². The minimum atomic E-state index is 0.0555. The molecule has 1 unspecified atom stereocenters. The maximum Gasteiger partial charge on any atom is 0.224 e. The van der Waals surface area contributed by atoms with Crippen molar-refractivity contribution in [3.05, 3.63) is 54.0 Å². The van der Waals surface area contributed by atoms with Gasteiger partial charge in [-0.15, -0.1) is 0 Å². The molecule has 1 aromatic carbocycles. The van der Waals surface area contributed by atoms with Gasteiger partial charge in [-0.05, 0) is 31.0 Å². The number of nitrogens with zero attached hydrogens (tertiary/aromatic N) is 4. The van der Waals surface area contributed by atoms with Gasteiger partial charge in [0.05, 0.1) is 5.92 Å². The fourth-order valence-electron chi connectivity index (χ4n) is 3.91. The van der Waals surface area contributed by atoms with Crippen LogP contribution in [0.2, 0.25) is 0 Å². The molecule has 3 heterocycles. The molecule has 0 radical (unpaired) electrons. The summed E-state index contributed by atoms with van der Waals surface area (Å²) in [6.45, 7) is 3.16. The van der Waals surface area contributed by atoms with Crippen molar-refractivity contribution in [2.24, 2.45) is 5.92 Å². The number of H-pyrrole nitrogens is 1. The summed E-state index contributed by atoms with van der Waals surface area (Å²) in [6, 6.07) is 8.26. The maximum absolute atomic E-state index is 12.6. The lowest BCUT2D eigenvalue weighted by Gasteiger charge is -2.16. The van der Waals surface area contributed by atoms with Crippen LogP contribution in [0, 0.1) is 5.92 Å². The summed E-state index contributed by atoms with van der Waals surface area (Å²) in [5.41, 5.74) is 3.47. The first-order valence-electron chi connectivity index (χ1n) is 10.1. The average molecular weight is 393 g/mol. The van der Waals surface area contributed by atoms with Gasteiger partial charge in [-0.3, -0.25) is 9.69 Å². The van der Waals surface area contributed by atoms with Crippen molar-refractivity contribution in [2.45, 2.75) is 19.4 Å². The number of anilines is 1. The summed E-state index contributed by atoms with van der Waals surface area (Å²) in [7, 11) is 3.86. The molecule has 0 saturated carbocycles. The fraction of sp³-hybridized carbons (Fsp3) is 0.409. The number of benzene rings is 1. The predicted molar refractivity (Wildman–Crippen MR) is 115 cm³/mol. The van der Waals surface area contributed by atoms with Gasteiger partial charge < -0.3 is 15.2 Å². The predicted octanol–water partition coefficient (Wildman–Crippen LogP) is 2.20. The maximum atomic E-state index is 12.6. The lowest BCUT2D eigenvalue weighted by atomic mass is 10.1. The number of carbonyl (C=O) groups excluding carboxylic acids is 1. The Hall–Kier alpha value is -2.93. The van der Waals surface area contributed by atoms with Gasteiger partial charge in [-0.2, -0.15) is 0 Å². The number of hydrogen-bond acceptors (Lipinski definition) is 5. The third-order valence-corrected chi connectivity index (χ3v) is 5.51. The average Bonchev–Trinajstić information content (AvgIpc) is 3.36. The standard InChI is InChI=1S/C22H28N6O/c1-27(2)22-25-11-16(12-26-22)14-28-10-8-18(15-28)21(29)23-9-7-17-13-24-20-6-4-3-5-19(17)20/h3-6,11-13,18,24H,7-10,14-15H2,1-2H3,(H,23,29). The van der Waals surface area contributed by atoms with Crippen LogP contribution in [0.15, 0.2) is 42.9 Å².